The lowest BCUT2D eigenvalue weighted by Crippen LogP contribution is -2.42. The van der Waals surface area contributed by atoms with Gasteiger partial charge in [0.2, 0.25) is 5.91 Å². The minimum atomic E-state index is -0.798. The van der Waals surface area contributed by atoms with Crippen LogP contribution in [0.2, 0.25) is 0 Å². The van der Waals surface area contributed by atoms with Gasteiger partial charge in [-0.25, -0.2) is 0 Å². The van der Waals surface area contributed by atoms with Crippen LogP contribution in [0.4, 0.5) is 0 Å². The van der Waals surface area contributed by atoms with Crippen LogP contribution in [0.1, 0.15) is 38.5 Å². The summed E-state index contributed by atoms with van der Waals surface area (Å²) in [5.74, 6) is -0.405. The monoisotopic (exact) mass is 211 g/mol. The molecule has 1 N–H and O–H groups in total. The highest BCUT2D eigenvalue weighted by atomic mass is 16.4. The van der Waals surface area contributed by atoms with Crippen LogP contribution in [0, 0.1) is 5.92 Å². The fourth-order valence-electron chi connectivity index (χ4n) is 2.43. The maximum Gasteiger partial charge on any atom is 0.305 e. The molecule has 1 heterocycles. The van der Waals surface area contributed by atoms with Gasteiger partial charge in [0, 0.05) is 18.5 Å². The second-order valence-electron chi connectivity index (χ2n) is 4.55. The Bertz CT molecular complexity index is 273. The van der Waals surface area contributed by atoms with E-state index in [2.05, 4.69) is 0 Å². The Morgan fingerprint density at radius 1 is 1.20 bits per heavy atom. The largest absolute Gasteiger partial charge is 0.481 e. The highest BCUT2D eigenvalue weighted by molar-refractivity contribution is 5.81. The van der Waals surface area contributed by atoms with Gasteiger partial charge < -0.3 is 10.0 Å². The fourth-order valence-corrected chi connectivity index (χ4v) is 2.43. The van der Waals surface area contributed by atoms with Crippen LogP contribution < -0.4 is 0 Å². The van der Waals surface area contributed by atoms with Crippen molar-refractivity contribution in [1.82, 2.24) is 4.90 Å². The number of aliphatic carboxylic acids is 1. The Kier molecular flexibility index (Phi) is 2.93. The minimum Gasteiger partial charge on any atom is -0.481 e. The fraction of sp³-hybridized carbons (Fsp3) is 0.818. The zero-order valence-electron chi connectivity index (χ0n) is 8.82. The van der Waals surface area contributed by atoms with Gasteiger partial charge in [-0.05, 0) is 25.7 Å². The van der Waals surface area contributed by atoms with Crippen molar-refractivity contribution >= 4 is 11.9 Å². The maximum absolute atomic E-state index is 12.0. The van der Waals surface area contributed by atoms with Crippen molar-refractivity contribution in [1.29, 1.82) is 0 Å². The summed E-state index contributed by atoms with van der Waals surface area (Å²) >= 11 is 0. The van der Waals surface area contributed by atoms with E-state index in [9.17, 15) is 9.59 Å². The lowest BCUT2D eigenvalue weighted by Gasteiger charge is -2.32. The van der Waals surface area contributed by atoms with Crippen molar-refractivity contribution in [2.75, 3.05) is 6.54 Å². The molecule has 0 aromatic rings. The summed E-state index contributed by atoms with van der Waals surface area (Å²) in [6.07, 6.45) is 5.05. The van der Waals surface area contributed by atoms with Crippen LogP contribution in [-0.2, 0) is 9.59 Å². The van der Waals surface area contributed by atoms with E-state index in [-0.39, 0.29) is 24.3 Å². The smallest absolute Gasteiger partial charge is 0.305 e. The number of carboxylic acid groups (broad SMARTS) is 1. The molecule has 84 valence electrons. The molecule has 0 spiro atoms. The van der Waals surface area contributed by atoms with Gasteiger partial charge in [0.15, 0.2) is 0 Å². The van der Waals surface area contributed by atoms with Crippen molar-refractivity contribution in [2.45, 2.75) is 44.6 Å². The van der Waals surface area contributed by atoms with Crippen molar-refractivity contribution in [3.63, 3.8) is 0 Å². The number of hydrogen-bond donors (Lipinski definition) is 1. The molecule has 1 aliphatic carbocycles. The molecule has 1 aliphatic heterocycles. The average Bonchev–Trinajstić information content (AvgIpc) is 2.47. The number of amides is 1. The topological polar surface area (TPSA) is 57.6 Å². The molecule has 1 saturated heterocycles. The van der Waals surface area contributed by atoms with Gasteiger partial charge in [-0.1, -0.05) is 6.42 Å². The van der Waals surface area contributed by atoms with Gasteiger partial charge in [-0.15, -0.1) is 0 Å². The SMILES string of the molecule is O=C(O)C[C@H]1CCCN1C(=O)C1CCC1. The number of rotatable bonds is 3. The second-order valence-corrected chi connectivity index (χ2v) is 4.55. The van der Waals surface area contributed by atoms with Crippen molar-refractivity contribution in [2.24, 2.45) is 5.92 Å². The van der Waals surface area contributed by atoms with Gasteiger partial charge in [0.25, 0.3) is 0 Å². The Balaban J connectivity index is 1.94. The second kappa shape index (κ2) is 4.21. The maximum atomic E-state index is 12.0. The van der Waals surface area contributed by atoms with Crippen LogP contribution >= 0.6 is 0 Å². The highest BCUT2D eigenvalue weighted by Gasteiger charge is 2.36. The molecule has 15 heavy (non-hydrogen) atoms. The van der Waals surface area contributed by atoms with Crippen molar-refractivity contribution in [3.05, 3.63) is 0 Å². The molecule has 1 atom stereocenters. The molecule has 0 radical (unpaired) electrons. The minimum absolute atomic E-state index is 0.0457. The lowest BCUT2D eigenvalue weighted by atomic mass is 9.84. The first kappa shape index (κ1) is 10.5. The molecule has 2 aliphatic rings. The van der Waals surface area contributed by atoms with Gasteiger partial charge in [-0.3, -0.25) is 9.59 Å². The zero-order chi connectivity index (χ0) is 10.8. The third kappa shape index (κ3) is 2.13. The summed E-state index contributed by atoms with van der Waals surface area (Å²) in [6.45, 7) is 0.757. The van der Waals surface area contributed by atoms with Crippen LogP contribution in [0.15, 0.2) is 0 Å². The molecule has 0 aromatic heterocycles. The molecule has 0 aromatic carbocycles. The van der Waals surface area contributed by atoms with Crippen molar-refractivity contribution in [3.8, 4) is 0 Å². The van der Waals surface area contributed by atoms with Crippen LogP contribution in [-0.4, -0.2) is 34.5 Å². The Hall–Kier alpha value is -1.06. The van der Waals surface area contributed by atoms with E-state index in [1.807, 2.05) is 0 Å². The third-order valence-corrected chi connectivity index (χ3v) is 3.52. The lowest BCUT2D eigenvalue weighted by molar-refractivity contribution is -0.142. The summed E-state index contributed by atoms with van der Waals surface area (Å²) in [5.41, 5.74) is 0. The highest BCUT2D eigenvalue weighted by Crippen LogP contribution is 2.31. The van der Waals surface area contributed by atoms with Crippen LogP contribution in [0.25, 0.3) is 0 Å². The number of carboxylic acids is 1. The number of carbonyl (C=O) groups excluding carboxylic acids is 1. The van der Waals surface area contributed by atoms with Gasteiger partial charge in [0.05, 0.1) is 6.42 Å². The Morgan fingerprint density at radius 2 is 1.93 bits per heavy atom. The number of hydrogen-bond acceptors (Lipinski definition) is 2. The van der Waals surface area contributed by atoms with Crippen LogP contribution in [0.3, 0.4) is 0 Å². The number of nitrogens with zero attached hydrogens (tertiary/aromatic N) is 1. The first-order chi connectivity index (χ1) is 7.18. The standard InChI is InChI=1S/C11H17NO3/c13-10(14)7-9-5-2-6-12(9)11(15)8-3-1-4-8/h8-9H,1-7H2,(H,13,14)/t9-/m1/s1. The van der Waals surface area contributed by atoms with Crippen LogP contribution in [0.5, 0.6) is 0 Å². The molecule has 4 nitrogen and oxygen atoms in total. The summed E-state index contributed by atoms with van der Waals surface area (Å²) in [4.78, 5) is 24.4. The van der Waals surface area contributed by atoms with Gasteiger partial charge in [0.1, 0.15) is 0 Å². The first-order valence-corrected chi connectivity index (χ1v) is 5.71. The van der Waals surface area contributed by atoms with E-state index in [0.717, 1.165) is 38.6 Å². The molecule has 2 rings (SSSR count). The number of likely N-dealkylation sites (tertiary alicyclic amines) is 1. The Labute approximate surface area is 89.3 Å². The van der Waals surface area contributed by atoms with Gasteiger partial charge >= 0.3 is 5.97 Å². The summed E-state index contributed by atoms with van der Waals surface area (Å²) in [7, 11) is 0. The Morgan fingerprint density at radius 3 is 2.47 bits per heavy atom. The quantitative estimate of drug-likeness (QED) is 0.764. The molecule has 2 fully saturated rings. The van der Waals surface area contributed by atoms with Gasteiger partial charge in [-0.2, -0.15) is 0 Å². The molecule has 0 bridgehead atoms. The van der Waals surface area contributed by atoms with E-state index in [1.54, 1.807) is 4.90 Å². The molecule has 4 heteroatoms. The molecule has 1 saturated carbocycles. The zero-order valence-corrected chi connectivity index (χ0v) is 8.82. The predicted octanol–water partition coefficient (Wildman–Crippen LogP) is 1.25. The summed E-state index contributed by atoms with van der Waals surface area (Å²) in [6, 6.07) is -0.0457. The van der Waals surface area contributed by atoms with E-state index in [1.165, 1.54) is 0 Å². The molecular formula is C11H17NO3. The van der Waals surface area contributed by atoms with E-state index in [0.29, 0.717) is 0 Å². The third-order valence-electron chi connectivity index (χ3n) is 3.52. The molecule has 1 amide bonds. The normalized spacial score (nSPS) is 26.4. The number of carbonyl (C=O) groups is 2. The predicted molar refractivity (Wildman–Crippen MR) is 54.3 cm³/mol. The summed E-state index contributed by atoms with van der Waals surface area (Å²) in [5, 5.41) is 8.75. The summed E-state index contributed by atoms with van der Waals surface area (Å²) < 4.78 is 0. The van der Waals surface area contributed by atoms with E-state index >= 15 is 0 Å². The first-order valence-electron chi connectivity index (χ1n) is 5.71. The molecule has 0 unspecified atom stereocenters. The molecular weight excluding hydrogens is 194 g/mol. The van der Waals surface area contributed by atoms with E-state index in [4.69, 9.17) is 5.11 Å². The van der Waals surface area contributed by atoms with Crippen molar-refractivity contribution < 1.29 is 14.7 Å². The average molecular weight is 211 g/mol. The van der Waals surface area contributed by atoms with E-state index < -0.39 is 5.97 Å².